The van der Waals surface area contributed by atoms with Gasteiger partial charge in [-0.15, -0.1) is 0 Å². The fourth-order valence-corrected chi connectivity index (χ4v) is 6.63. The highest BCUT2D eigenvalue weighted by Crippen LogP contribution is 2.20. The van der Waals surface area contributed by atoms with Crippen LogP contribution < -0.4 is 54.8 Å². The largest absolute Gasteiger partial charge is 0.508 e. The van der Waals surface area contributed by atoms with Crippen LogP contribution in [-0.2, 0) is 46.4 Å². The van der Waals surface area contributed by atoms with Gasteiger partial charge in [0.15, 0.2) is 11.9 Å². The normalized spacial score (nSPS) is 15.8. The zero-order valence-electron chi connectivity index (χ0n) is 33.7. The number of hydrogen-bond donors (Lipinski definition) is 14. The second-order valence-corrected chi connectivity index (χ2v) is 14.6. The van der Waals surface area contributed by atoms with Gasteiger partial charge in [-0.25, -0.2) is 4.79 Å². The lowest BCUT2D eigenvalue weighted by molar-refractivity contribution is -0.142. The molecule has 0 spiro atoms. The number of likely N-dealkylation sites (tertiary alicyclic amines) is 1. The van der Waals surface area contributed by atoms with Crippen molar-refractivity contribution < 1.29 is 43.8 Å². The monoisotopic (exact) mass is 851 g/mol. The van der Waals surface area contributed by atoms with Gasteiger partial charge in [-0.05, 0) is 61.8 Å². The standard InChI is InChI=1S/C39H57N13O9/c40-25(21-31(41)54)36(59)52-18-6-11-30(52)35(58)49-27(10-5-17-47-39(44)45)32(55)48-26(9-4-16-46-38(42)43)33(56)50-28(19-22-7-2-1-3-8-22)34(57)51-29(37(60)61)20-23-12-14-24(53)15-13-23/h1-3,7-8,12-15,25-30,53H,4-6,9-11,16-21,40H2,(H2,41,54)(H,48,55)(H,49,58)(H,50,56)(H,51,57)(H,60,61)(H4,42,43,46)(H4,44,45,47)/t25-,26-,27-,28-,29-,30-/m0/s1. The number of guanidine groups is 2. The van der Waals surface area contributed by atoms with Gasteiger partial charge in [-0.1, -0.05) is 42.5 Å². The van der Waals surface area contributed by atoms with Crippen molar-refractivity contribution in [3.8, 4) is 5.75 Å². The number of aromatic hydroxyl groups is 1. The molecule has 0 saturated carbocycles. The number of carboxylic acids is 1. The number of carbonyl (C=O) groups excluding carboxylic acids is 6. The van der Waals surface area contributed by atoms with Crippen LogP contribution in [0.5, 0.6) is 5.75 Å². The number of amides is 6. The molecule has 0 radical (unpaired) electrons. The molecule has 6 amide bonds. The van der Waals surface area contributed by atoms with E-state index in [1.165, 1.54) is 29.2 Å². The number of phenolic OH excluding ortho intramolecular Hbond substituents is 1. The third kappa shape index (κ3) is 16.7. The first-order chi connectivity index (χ1) is 28.9. The van der Waals surface area contributed by atoms with Crippen molar-refractivity contribution in [1.29, 1.82) is 10.8 Å². The Labute approximate surface area is 352 Å². The number of hydrogen-bond acceptors (Lipinski definition) is 11. The number of rotatable bonds is 24. The molecule has 1 aliphatic rings. The van der Waals surface area contributed by atoms with Crippen LogP contribution in [0.3, 0.4) is 0 Å². The van der Waals surface area contributed by atoms with Gasteiger partial charge < -0.3 is 69.9 Å². The Hall–Kier alpha value is -6.97. The van der Waals surface area contributed by atoms with Gasteiger partial charge in [0.1, 0.15) is 36.0 Å². The van der Waals surface area contributed by atoms with Crippen LogP contribution in [0.1, 0.15) is 56.1 Å². The summed E-state index contributed by atoms with van der Waals surface area (Å²) in [6, 6.07) is 6.69. The van der Waals surface area contributed by atoms with E-state index in [4.69, 9.17) is 33.8 Å². The summed E-state index contributed by atoms with van der Waals surface area (Å²) in [7, 11) is 0. The lowest BCUT2D eigenvalue weighted by atomic mass is 10.0. The fourth-order valence-electron chi connectivity index (χ4n) is 6.63. The van der Waals surface area contributed by atoms with E-state index in [1.54, 1.807) is 30.3 Å². The molecule has 2 aromatic carbocycles. The highest BCUT2D eigenvalue weighted by Gasteiger charge is 2.38. The van der Waals surface area contributed by atoms with Crippen LogP contribution in [0.4, 0.5) is 0 Å². The van der Waals surface area contributed by atoms with Crippen molar-refractivity contribution in [2.24, 2.45) is 22.9 Å². The number of phenols is 1. The Balaban J connectivity index is 1.88. The third-order valence-electron chi connectivity index (χ3n) is 9.72. The maximum atomic E-state index is 14.1. The molecule has 1 aliphatic heterocycles. The van der Waals surface area contributed by atoms with E-state index >= 15 is 0 Å². The summed E-state index contributed by atoms with van der Waals surface area (Å²) >= 11 is 0. The fraction of sp³-hybridized carbons (Fsp3) is 0.462. The van der Waals surface area contributed by atoms with Crippen molar-refractivity contribution >= 4 is 53.3 Å². The summed E-state index contributed by atoms with van der Waals surface area (Å²) in [5.74, 6) is -6.64. The Morgan fingerprint density at radius 1 is 0.705 bits per heavy atom. The van der Waals surface area contributed by atoms with Gasteiger partial charge >= 0.3 is 5.97 Å². The summed E-state index contributed by atoms with van der Waals surface area (Å²) in [4.78, 5) is 93.8. The first kappa shape index (κ1) is 48.4. The minimum Gasteiger partial charge on any atom is -0.508 e. The predicted octanol–water partition coefficient (Wildman–Crippen LogP) is -3.08. The molecular formula is C39H57N13O9. The molecular weight excluding hydrogens is 795 g/mol. The molecule has 3 rings (SSSR count). The van der Waals surface area contributed by atoms with Crippen LogP contribution in [0, 0.1) is 10.8 Å². The summed E-state index contributed by atoms with van der Waals surface area (Å²) in [6.07, 6.45) is 0.352. The number of nitrogens with zero attached hydrogens (tertiary/aromatic N) is 1. The lowest BCUT2D eigenvalue weighted by Crippen LogP contribution is -2.59. The molecule has 1 heterocycles. The van der Waals surface area contributed by atoms with Crippen LogP contribution in [0.15, 0.2) is 54.6 Å². The number of carbonyl (C=O) groups is 7. The second kappa shape index (κ2) is 24.2. The number of nitrogens with two attached hydrogens (primary N) is 4. The lowest BCUT2D eigenvalue weighted by Gasteiger charge is -2.29. The van der Waals surface area contributed by atoms with Crippen molar-refractivity contribution in [1.82, 2.24) is 36.8 Å². The zero-order chi connectivity index (χ0) is 45.1. The molecule has 0 aliphatic carbocycles. The highest BCUT2D eigenvalue weighted by molar-refractivity contribution is 5.97. The maximum absolute atomic E-state index is 14.1. The van der Waals surface area contributed by atoms with E-state index in [1.807, 2.05) is 0 Å². The Kier molecular flexibility index (Phi) is 19.2. The molecule has 1 fully saturated rings. The average Bonchev–Trinajstić information content (AvgIpc) is 3.70. The third-order valence-corrected chi connectivity index (χ3v) is 9.72. The van der Waals surface area contributed by atoms with Gasteiger partial charge in [0.2, 0.25) is 35.4 Å². The first-order valence-electron chi connectivity index (χ1n) is 19.7. The van der Waals surface area contributed by atoms with Crippen LogP contribution in [-0.4, -0.2) is 124 Å². The van der Waals surface area contributed by atoms with Crippen molar-refractivity contribution in [2.45, 2.75) is 94.0 Å². The summed E-state index contributed by atoms with van der Waals surface area (Å²) in [6.45, 7) is 0.438. The van der Waals surface area contributed by atoms with E-state index in [-0.39, 0.29) is 82.2 Å². The van der Waals surface area contributed by atoms with Gasteiger partial charge in [0.25, 0.3) is 0 Å². The zero-order valence-corrected chi connectivity index (χ0v) is 33.7. The summed E-state index contributed by atoms with van der Waals surface area (Å²) in [5, 5.41) is 50.3. The van der Waals surface area contributed by atoms with E-state index in [0.717, 1.165) is 0 Å². The molecule has 2 aromatic rings. The Morgan fingerprint density at radius 3 is 1.74 bits per heavy atom. The number of nitrogens with one attached hydrogen (secondary N) is 8. The average molecular weight is 852 g/mol. The summed E-state index contributed by atoms with van der Waals surface area (Å²) < 4.78 is 0. The molecule has 61 heavy (non-hydrogen) atoms. The van der Waals surface area contributed by atoms with Crippen LogP contribution in [0.2, 0.25) is 0 Å². The number of aliphatic carboxylic acids is 1. The topological polar surface area (TPSA) is 387 Å². The summed E-state index contributed by atoms with van der Waals surface area (Å²) in [5.41, 5.74) is 23.1. The van der Waals surface area contributed by atoms with E-state index < -0.39 is 84.1 Å². The predicted molar refractivity (Wildman–Crippen MR) is 222 cm³/mol. The van der Waals surface area contributed by atoms with Gasteiger partial charge in [-0.3, -0.25) is 39.6 Å². The van der Waals surface area contributed by atoms with E-state index in [0.29, 0.717) is 17.5 Å². The molecule has 0 aromatic heterocycles. The highest BCUT2D eigenvalue weighted by atomic mass is 16.4. The maximum Gasteiger partial charge on any atom is 0.326 e. The van der Waals surface area contributed by atoms with E-state index in [9.17, 15) is 43.8 Å². The van der Waals surface area contributed by atoms with Crippen molar-refractivity contribution in [3.05, 3.63) is 65.7 Å². The molecule has 22 nitrogen and oxygen atoms in total. The van der Waals surface area contributed by atoms with Crippen LogP contribution in [0.25, 0.3) is 0 Å². The molecule has 0 unspecified atom stereocenters. The molecule has 332 valence electrons. The van der Waals surface area contributed by atoms with Crippen molar-refractivity contribution in [3.63, 3.8) is 0 Å². The molecule has 1 saturated heterocycles. The van der Waals surface area contributed by atoms with Crippen molar-refractivity contribution in [2.75, 3.05) is 19.6 Å². The number of benzene rings is 2. The second-order valence-electron chi connectivity index (χ2n) is 14.6. The van der Waals surface area contributed by atoms with Gasteiger partial charge in [0.05, 0.1) is 12.5 Å². The van der Waals surface area contributed by atoms with Crippen LogP contribution >= 0.6 is 0 Å². The number of carboxylic acid groups (broad SMARTS) is 1. The Bertz CT molecular complexity index is 1870. The number of primary amides is 1. The molecule has 18 N–H and O–H groups in total. The minimum absolute atomic E-state index is 0.0173. The first-order valence-corrected chi connectivity index (χ1v) is 19.7. The quantitative estimate of drug-likeness (QED) is 0.0283. The smallest absolute Gasteiger partial charge is 0.326 e. The molecule has 22 heteroatoms. The van der Waals surface area contributed by atoms with Gasteiger partial charge in [-0.2, -0.15) is 0 Å². The minimum atomic E-state index is -1.42. The SMILES string of the molecule is N=C(N)NCCC[C@H](NC(=O)[C@H](CCCNC(=N)N)NC(=O)[C@@H]1CCCN1C(=O)[C@@H](N)CC(N)=O)C(=O)N[C@@H](Cc1ccccc1)C(=O)N[C@@H](Cc1ccc(O)cc1)C(=O)O. The van der Waals surface area contributed by atoms with E-state index in [2.05, 4.69) is 31.9 Å². The Morgan fingerprint density at radius 2 is 1.20 bits per heavy atom. The molecule has 0 bridgehead atoms. The molecule has 6 atom stereocenters. The van der Waals surface area contributed by atoms with Gasteiger partial charge in [0, 0.05) is 32.5 Å².